The van der Waals surface area contributed by atoms with Gasteiger partial charge in [-0.05, 0) is 19.8 Å². The fourth-order valence-electron chi connectivity index (χ4n) is 2.48. The Morgan fingerprint density at radius 2 is 2.50 bits per heavy atom. The molecule has 2 atom stereocenters. The monoisotopic (exact) mass is 240 g/mol. The number of hydrogen-bond acceptors (Lipinski definition) is 4. The molecule has 1 aliphatic carbocycles. The standard InChI is InChI=1S/C12H20N2OS/c1-9-13-6-10(16-9)7-14-11-4-3-5-12(11,2)8-15/h6,11,14-15H,3-5,7-8H2,1-2H3. The van der Waals surface area contributed by atoms with Crippen LogP contribution in [0.1, 0.15) is 36.1 Å². The third kappa shape index (κ3) is 2.44. The zero-order valence-electron chi connectivity index (χ0n) is 9.99. The second-order valence-corrected chi connectivity index (χ2v) is 6.30. The van der Waals surface area contributed by atoms with Crippen LogP contribution in [0, 0.1) is 12.3 Å². The van der Waals surface area contributed by atoms with Gasteiger partial charge in [-0.1, -0.05) is 13.3 Å². The summed E-state index contributed by atoms with van der Waals surface area (Å²) in [5, 5.41) is 14.1. The van der Waals surface area contributed by atoms with Crippen LogP contribution in [0.4, 0.5) is 0 Å². The first kappa shape index (κ1) is 12.0. The number of aryl methyl sites for hydroxylation is 1. The lowest BCUT2D eigenvalue weighted by Gasteiger charge is -2.30. The van der Waals surface area contributed by atoms with Crippen LogP contribution in [0.15, 0.2) is 6.20 Å². The Morgan fingerprint density at radius 1 is 1.69 bits per heavy atom. The molecular weight excluding hydrogens is 220 g/mol. The smallest absolute Gasteiger partial charge is 0.0897 e. The summed E-state index contributed by atoms with van der Waals surface area (Å²) < 4.78 is 0. The average Bonchev–Trinajstić information content (AvgIpc) is 2.83. The minimum absolute atomic E-state index is 0.0692. The predicted molar refractivity (Wildman–Crippen MR) is 66.5 cm³/mol. The molecule has 1 heterocycles. The van der Waals surface area contributed by atoms with Crippen LogP contribution in [0.5, 0.6) is 0 Å². The van der Waals surface area contributed by atoms with Crippen molar-refractivity contribution >= 4 is 11.3 Å². The highest BCUT2D eigenvalue weighted by Gasteiger charge is 2.37. The molecule has 90 valence electrons. The molecule has 1 fully saturated rings. The SMILES string of the molecule is Cc1ncc(CNC2CCCC2(C)CO)s1. The summed E-state index contributed by atoms with van der Waals surface area (Å²) in [6.45, 7) is 5.37. The quantitative estimate of drug-likeness (QED) is 0.847. The highest BCUT2D eigenvalue weighted by atomic mass is 32.1. The summed E-state index contributed by atoms with van der Waals surface area (Å²) in [6, 6.07) is 0.444. The molecule has 0 bridgehead atoms. The predicted octanol–water partition coefficient (Wildman–Crippen LogP) is 2.09. The minimum Gasteiger partial charge on any atom is -0.396 e. The van der Waals surface area contributed by atoms with Crippen LogP contribution in [-0.4, -0.2) is 22.7 Å². The van der Waals surface area contributed by atoms with E-state index in [1.807, 2.05) is 13.1 Å². The molecule has 16 heavy (non-hydrogen) atoms. The molecule has 0 radical (unpaired) electrons. The van der Waals surface area contributed by atoms with Gasteiger partial charge in [-0.3, -0.25) is 0 Å². The molecule has 0 spiro atoms. The normalized spacial score (nSPS) is 29.8. The van der Waals surface area contributed by atoms with Crippen LogP contribution in [0.25, 0.3) is 0 Å². The number of nitrogens with zero attached hydrogens (tertiary/aromatic N) is 1. The van der Waals surface area contributed by atoms with Gasteiger partial charge in [0, 0.05) is 35.7 Å². The molecule has 1 aromatic rings. The zero-order chi connectivity index (χ0) is 11.6. The van der Waals surface area contributed by atoms with E-state index < -0.39 is 0 Å². The van der Waals surface area contributed by atoms with Gasteiger partial charge in [0.05, 0.1) is 5.01 Å². The van der Waals surface area contributed by atoms with Gasteiger partial charge < -0.3 is 10.4 Å². The van der Waals surface area contributed by atoms with Crippen LogP contribution >= 0.6 is 11.3 Å². The maximum absolute atomic E-state index is 9.45. The lowest BCUT2D eigenvalue weighted by atomic mass is 9.86. The Hall–Kier alpha value is -0.450. The largest absolute Gasteiger partial charge is 0.396 e. The zero-order valence-corrected chi connectivity index (χ0v) is 10.8. The van der Waals surface area contributed by atoms with Crippen molar-refractivity contribution in [1.29, 1.82) is 0 Å². The van der Waals surface area contributed by atoms with E-state index in [1.165, 1.54) is 17.7 Å². The van der Waals surface area contributed by atoms with E-state index in [0.29, 0.717) is 6.04 Å². The number of thiazole rings is 1. The summed E-state index contributed by atoms with van der Waals surface area (Å²) in [6.07, 6.45) is 5.46. The summed E-state index contributed by atoms with van der Waals surface area (Å²) in [5.74, 6) is 0. The molecule has 1 aromatic heterocycles. The Bertz CT molecular complexity index is 353. The summed E-state index contributed by atoms with van der Waals surface area (Å²) >= 11 is 1.74. The van der Waals surface area contributed by atoms with Crippen molar-refractivity contribution in [2.24, 2.45) is 5.41 Å². The van der Waals surface area contributed by atoms with Crippen molar-refractivity contribution in [1.82, 2.24) is 10.3 Å². The Kier molecular flexibility index (Phi) is 3.62. The highest BCUT2D eigenvalue weighted by molar-refractivity contribution is 7.11. The fraction of sp³-hybridized carbons (Fsp3) is 0.750. The van der Waals surface area contributed by atoms with Crippen molar-refractivity contribution in [3.05, 3.63) is 16.1 Å². The van der Waals surface area contributed by atoms with E-state index in [9.17, 15) is 5.11 Å². The van der Waals surface area contributed by atoms with Gasteiger partial charge in [0.2, 0.25) is 0 Å². The minimum atomic E-state index is 0.0692. The number of nitrogens with one attached hydrogen (secondary N) is 1. The molecule has 2 rings (SSSR count). The summed E-state index contributed by atoms with van der Waals surface area (Å²) in [4.78, 5) is 5.53. The average molecular weight is 240 g/mol. The van der Waals surface area contributed by atoms with Gasteiger partial charge in [0.15, 0.2) is 0 Å². The van der Waals surface area contributed by atoms with Gasteiger partial charge in [0.1, 0.15) is 0 Å². The molecule has 1 saturated carbocycles. The number of aliphatic hydroxyl groups is 1. The van der Waals surface area contributed by atoms with Gasteiger partial charge in [-0.15, -0.1) is 11.3 Å². The van der Waals surface area contributed by atoms with Crippen LogP contribution < -0.4 is 5.32 Å². The number of rotatable bonds is 4. The second kappa shape index (κ2) is 4.82. The van der Waals surface area contributed by atoms with Gasteiger partial charge in [-0.2, -0.15) is 0 Å². The summed E-state index contributed by atoms with van der Waals surface area (Å²) in [5.41, 5.74) is 0.0692. The van der Waals surface area contributed by atoms with E-state index in [1.54, 1.807) is 11.3 Å². The maximum Gasteiger partial charge on any atom is 0.0897 e. The van der Waals surface area contributed by atoms with Crippen molar-refractivity contribution < 1.29 is 5.11 Å². The van der Waals surface area contributed by atoms with E-state index >= 15 is 0 Å². The van der Waals surface area contributed by atoms with Gasteiger partial charge in [-0.25, -0.2) is 4.98 Å². The Labute approximate surface area is 101 Å². The molecule has 0 aliphatic heterocycles. The molecule has 0 amide bonds. The fourth-order valence-corrected chi connectivity index (χ4v) is 3.23. The lowest BCUT2D eigenvalue weighted by molar-refractivity contribution is 0.118. The molecule has 0 saturated heterocycles. The molecule has 0 aromatic carbocycles. The van der Waals surface area contributed by atoms with Gasteiger partial charge in [0.25, 0.3) is 0 Å². The Morgan fingerprint density at radius 3 is 3.12 bits per heavy atom. The highest BCUT2D eigenvalue weighted by Crippen LogP contribution is 2.37. The van der Waals surface area contributed by atoms with Crippen LogP contribution in [0.3, 0.4) is 0 Å². The molecule has 2 N–H and O–H groups in total. The van der Waals surface area contributed by atoms with E-state index in [4.69, 9.17) is 0 Å². The first-order valence-electron chi connectivity index (χ1n) is 5.89. The van der Waals surface area contributed by atoms with Crippen molar-refractivity contribution in [2.45, 2.75) is 45.7 Å². The third-order valence-electron chi connectivity index (χ3n) is 3.63. The van der Waals surface area contributed by atoms with Crippen molar-refractivity contribution in [2.75, 3.05) is 6.61 Å². The molecular formula is C12H20N2OS. The van der Waals surface area contributed by atoms with Crippen LogP contribution in [0.2, 0.25) is 0 Å². The topological polar surface area (TPSA) is 45.2 Å². The second-order valence-electron chi connectivity index (χ2n) is 4.98. The number of aromatic nitrogens is 1. The first-order valence-corrected chi connectivity index (χ1v) is 6.71. The first-order chi connectivity index (χ1) is 7.64. The maximum atomic E-state index is 9.45. The van der Waals surface area contributed by atoms with E-state index in [-0.39, 0.29) is 12.0 Å². The van der Waals surface area contributed by atoms with Gasteiger partial charge >= 0.3 is 0 Å². The molecule has 1 aliphatic rings. The van der Waals surface area contributed by atoms with Crippen molar-refractivity contribution in [3.63, 3.8) is 0 Å². The number of hydrogen-bond donors (Lipinski definition) is 2. The lowest BCUT2D eigenvalue weighted by Crippen LogP contribution is -2.41. The van der Waals surface area contributed by atoms with Crippen molar-refractivity contribution in [3.8, 4) is 0 Å². The third-order valence-corrected chi connectivity index (χ3v) is 4.55. The summed E-state index contributed by atoms with van der Waals surface area (Å²) in [7, 11) is 0. The van der Waals surface area contributed by atoms with E-state index in [0.717, 1.165) is 18.0 Å². The van der Waals surface area contributed by atoms with E-state index in [2.05, 4.69) is 17.2 Å². The number of aliphatic hydroxyl groups excluding tert-OH is 1. The van der Waals surface area contributed by atoms with Crippen LogP contribution in [-0.2, 0) is 6.54 Å². The molecule has 4 heteroatoms. The Balaban J connectivity index is 1.90. The molecule has 2 unspecified atom stereocenters. The molecule has 3 nitrogen and oxygen atoms in total.